The lowest BCUT2D eigenvalue weighted by atomic mass is 10.3. The second kappa shape index (κ2) is 5.68. The van der Waals surface area contributed by atoms with E-state index in [-0.39, 0.29) is 5.91 Å². The number of amides is 1. The monoisotopic (exact) mass is 263 g/mol. The number of nitrogens with zero attached hydrogens (tertiary/aromatic N) is 2. The Balaban J connectivity index is 1.83. The second-order valence-electron chi connectivity index (χ2n) is 3.83. The maximum absolute atomic E-state index is 11.6. The molecule has 0 saturated carbocycles. The largest absolute Gasteiger partial charge is 0.360 e. The Labute approximate surface area is 109 Å². The minimum Gasteiger partial charge on any atom is -0.360 e. The standard InChI is InChI=1S/C12H13N3O2S/c1-8-3-4-12(13-6-8)18-7-11(16)14-10-5-9(2)17-15-10/h3-6H,7H2,1-2H3,(H,14,15,16). The third-order valence-electron chi connectivity index (χ3n) is 2.13. The molecule has 5 nitrogen and oxygen atoms in total. The SMILES string of the molecule is Cc1ccc(SCC(=O)Nc2cc(C)on2)nc1. The summed E-state index contributed by atoms with van der Waals surface area (Å²) >= 11 is 1.38. The molecule has 0 aliphatic heterocycles. The molecule has 0 saturated heterocycles. The van der Waals surface area contributed by atoms with Gasteiger partial charge in [0.2, 0.25) is 5.91 Å². The van der Waals surface area contributed by atoms with Crippen LogP contribution in [-0.4, -0.2) is 21.8 Å². The third kappa shape index (κ3) is 3.59. The van der Waals surface area contributed by atoms with Gasteiger partial charge in [-0.2, -0.15) is 0 Å². The summed E-state index contributed by atoms with van der Waals surface area (Å²) in [5.41, 5.74) is 1.10. The molecule has 18 heavy (non-hydrogen) atoms. The van der Waals surface area contributed by atoms with Crippen molar-refractivity contribution in [2.75, 3.05) is 11.1 Å². The van der Waals surface area contributed by atoms with E-state index >= 15 is 0 Å². The van der Waals surface area contributed by atoms with E-state index in [1.807, 2.05) is 19.1 Å². The Morgan fingerprint density at radius 1 is 1.44 bits per heavy atom. The van der Waals surface area contributed by atoms with Crippen LogP contribution in [0.25, 0.3) is 0 Å². The Morgan fingerprint density at radius 2 is 2.28 bits per heavy atom. The fourth-order valence-corrected chi connectivity index (χ4v) is 1.93. The average molecular weight is 263 g/mol. The molecule has 0 atom stereocenters. The predicted molar refractivity (Wildman–Crippen MR) is 69.6 cm³/mol. The molecule has 2 aromatic rings. The minimum absolute atomic E-state index is 0.129. The van der Waals surface area contributed by atoms with Crippen LogP contribution in [0.3, 0.4) is 0 Å². The molecule has 6 heteroatoms. The molecule has 0 fully saturated rings. The molecule has 0 aromatic carbocycles. The highest BCUT2D eigenvalue weighted by Gasteiger charge is 2.07. The van der Waals surface area contributed by atoms with Crippen LogP contribution in [-0.2, 0) is 4.79 Å². The summed E-state index contributed by atoms with van der Waals surface area (Å²) in [6.07, 6.45) is 1.78. The van der Waals surface area contributed by atoms with Gasteiger partial charge in [-0.3, -0.25) is 4.79 Å². The summed E-state index contributed by atoms with van der Waals surface area (Å²) in [7, 11) is 0. The molecule has 0 unspecified atom stereocenters. The molecule has 1 N–H and O–H groups in total. The molecule has 2 heterocycles. The van der Waals surface area contributed by atoms with Crippen molar-refractivity contribution in [1.29, 1.82) is 0 Å². The molecule has 0 radical (unpaired) electrons. The number of carbonyl (C=O) groups is 1. The predicted octanol–water partition coefficient (Wildman–Crippen LogP) is 2.42. The number of anilines is 1. The molecule has 0 aliphatic carbocycles. The Morgan fingerprint density at radius 3 is 2.89 bits per heavy atom. The van der Waals surface area contributed by atoms with Crippen molar-refractivity contribution in [2.24, 2.45) is 0 Å². The highest BCUT2D eigenvalue weighted by atomic mass is 32.2. The van der Waals surface area contributed by atoms with Crippen LogP contribution in [0.1, 0.15) is 11.3 Å². The lowest BCUT2D eigenvalue weighted by Crippen LogP contribution is -2.14. The number of nitrogens with one attached hydrogen (secondary N) is 1. The van der Waals surface area contributed by atoms with Gasteiger partial charge in [0, 0.05) is 12.3 Å². The van der Waals surface area contributed by atoms with Gasteiger partial charge in [0.05, 0.1) is 10.8 Å². The summed E-state index contributed by atoms with van der Waals surface area (Å²) in [4.78, 5) is 15.8. The first-order chi connectivity index (χ1) is 8.63. The second-order valence-corrected chi connectivity index (χ2v) is 4.83. The topological polar surface area (TPSA) is 68.0 Å². The highest BCUT2D eigenvalue weighted by Crippen LogP contribution is 2.15. The number of carbonyl (C=O) groups excluding carboxylic acids is 1. The third-order valence-corrected chi connectivity index (χ3v) is 3.07. The molecule has 0 bridgehead atoms. The number of hydrogen-bond acceptors (Lipinski definition) is 5. The van der Waals surface area contributed by atoms with Gasteiger partial charge in [-0.05, 0) is 25.5 Å². The minimum atomic E-state index is -0.129. The summed E-state index contributed by atoms with van der Waals surface area (Å²) < 4.78 is 4.86. The van der Waals surface area contributed by atoms with E-state index in [1.54, 1.807) is 19.2 Å². The number of aromatic nitrogens is 2. The molecule has 94 valence electrons. The molecule has 1 amide bonds. The Hall–Kier alpha value is -1.82. The van der Waals surface area contributed by atoms with Crippen molar-refractivity contribution >= 4 is 23.5 Å². The fourth-order valence-electron chi connectivity index (χ4n) is 1.28. The quantitative estimate of drug-likeness (QED) is 0.858. The normalized spacial score (nSPS) is 10.3. The van der Waals surface area contributed by atoms with Crippen molar-refractivity contribution in [3.8, 4) is 0 Å². The first kappa shape index (κ1) is 12.6. The zero-order valence-corrected chi connectivity index (χ0v) is 11.0. The van der Waals surface area contributed by atoms with Gasteiger partial charge >= 0.3 is 0 Å². The highest BCUT2D eigenvalue weighted by molar-refractivity contribution is 7.99. The maximum atomic E-state index is 11.6. The number of thioether (sulfide) groups is 1. The van der Waals surface area contributed by atoms with Crippen molar-refractivity contribution in [3.05, 3.63) is 35.7 Å². The molecule has 2 aromatic heterocycles. The summed E-state index contributed by atoms with van der Waals surface area (Å²) in [5.74, 6) is 1.27. The summed E-state index contributed by atoms with van der Waals surface area (Å²) in [5, 5.41) is 7.17. The zero-order valence-electron chi connectivity index (χ0n) is 10.1. The Bertz CT molecular complexity index is 537. The Kier molecular flexibility index (Phi) is 3.99. The molecular formula is C12H13N3O2S. The van der Waals surface area contributed by atoms with E-state index in [9.17, 15) is 4.79 Å². The van der Waals surface area contributed by atoms with Crippen LogP contribution in [0.4, 0.5) is 5.82 Å². The van der Waals surface area contributed by atoms with Gasteiger partial charge in [0.15, 0.2) is 5.82 Å². The van der Waals surface area contributed by atoms with E-state index in [0.29, 0.717) is 17.3 Å². The van der Waals surface area contributed by atoms with Gasteiger partial charge in [-0.1, -0.05) is 23.0 Å². The van der Waals surface area contributed by atoms with Crippen LogP contribution < -0.4 is 5.32 Å². The van der Waals surface area contributed by atoms with Crippen LogP contribution in [0, 0.1) is 13.8 Å². The summed E-state index contributed by atoms with van der Waals surface area (Å²) in [6, 6.07) is 5.54. The maximum Gasteiger partial charge on any atom is 0.236 e. The van der Waals surface area contributed by atoms with Gasteiger partial charge in [-0.25, -0.2) is 4.98 Å². The van der Waals surface area contributed by atoms with Crippen LogP contribution in [0.2, 0.25) is 0 Å². The number of pyridine rings is 1. The van der Waals surface area contributed by atoms with Gasteiger partial charge in [0.1, 0.15) is 5.76 Å². The fraction of sp³-hybridized carbons (Fsp3) is 0.250. The number of hydrogen-bond donors (Lipinski definition) is 1. The summed E-state index contributed by atoms with van der Waals surface area (Å²) in [6.45, 7) is 3.74. The number of rotatable bonds is 4. The van der Waals surface area contributed by atoms with Crippen LogP contribution in [0.15, 0.2) is 33.9 Å². The van der Waals surface area contributed by atoms with Crippen molar-refractivity contribution in [2.45, 2.75) is 18.9 Å². The molecule has 0 aliphatic rings. The van der Waals surface area contributed by atoms with E-state index in [0.717, 1.165) is 10.6 Å². The number of aryl methyl sites for hydroxylation is 2. The van der Waals surface area contributed by atoms with Crippen molar-refractivity contribution in [3.63, 3.8) is 0 Å². The van der Waals surface area contributed by atoms with E-state index in [2.05, 4.69) is 15.5 Å². The van der Waals surface area contributed by atoms with Crippen LogP contribution >= 0.6 is 11.8 Å². The zero-order chi connectivity index (χ0) is 13.0. The van der Waals surface area contributed by atoms with Gasteiger partial charge in [0.25, 0.3) is 0 Å². The first-order valence-corrected chi connectivity index (χ1v) is 6.40. The lowest BCUT2D eigenvalue weighted by Gasteiger charge is -2.01. The molecule has 0 spiro atoms. The van der Waals surface area contributed by atoms with Crippen molar-refractivity contribution < 1.29 is 9.32 Å². The first-order valence-electron chi connectivity index (χ1n) is 5.42. The van der Waals surface area contributed by atoms with E-state index in [4.69, 9.17) is 4.52 Å². The average Bonchev–Trinajstić information content (AvgIpc) is 2.74. The van der Waals surface area contributed by atoms with E-state index in [1.165, 1.54) is 11.8 Å². The molecular weight excluding hydrogens is 250 g/mol. The molecule has 2 rings (SSSR count). The smallest absolute Gasteiger partial charge is 0.236 e. The van der Waals surface area contributed by atoms with Crippen LogP contribution in [0.5, 0.6) is 0 Å². The van der Waals surface area contributed by atoms with E-state index < -0.39 is 0 Å². The van der Waals surface area contributed by atoms with Crippen molar-refractivity contribution in [1.82, 2.24) is 10.1 Å². The van der Waals surface area contributed by atoms with Gasteiger partial charge in [-0.15, -0.1) is 0 Å². The lowest BCUT2D eigenvalue weighted by molar-refractivity contribution is -0.113. The van der Waals surface area contributed by atoms with Gasteiger partial charge < -0.3 is 9.84 Å².